The van der Waals surface area contributed by atoms with Gasteiger partial charge in [-0.05, 0) is 41.7 Å². The average Bonchev–Trinajstić information content (AvgIpc) is 2.68. The maximum atomic E-state index is 13.6. The van der Waals surface area contributed by atoms with Crippen molar-refractivity contribution in [2.24, 2.45) is 5.92 Å². The summed E-state index contributed by atoms with van der Waals surface area (Å²) in [6, 6.07) is 14.3. The topological polar surface area (TPSA) is 41.6 Å². The van der Waals surface area contributed by atoms with Gasteiger partial charge in [0.1, 0.15) is 11.6 Å². The van der Waals surface area contributed by atoms with E-state index in [9.17, 15) is 9.18 Å². The van der Waals surface area contributed by atoms with Crippen LogP contribution in [0.3, 0.4) is 0 Å². The van der Waals surface area contributed by atoms with Crippen LogP contribution in [-0.4, -0.2) is 37.6 Å². The highest BCUT2D eigenvalue weighted by Gasteiger charge is 2.28. The summed E-state index contributed by atoms with van der Waals surface area (Å²) in [6.07, 6.45) is 1.25. The van der Waals surface area contributed by atoms with Gasteiger partial charge in [-0.3, -0.25) is 4.79 Å². The number of amides is 1. The van der Waals surface area contributed by atoms with Crippen molar-refractivity contribution >= 4 is 5.91 Å². The number of piperazine rings is 1. The van der Waals surface area contributed by atoms with Crippen molar-refractivity contribution in [3.63, 3.8) is 0 Å². The number of nitrogens with one attached hydrogen (secondary N) is 1. The molecule has 0 aliphatic carbocycles. The molecule has 2 aromatic rings. The van der Waals surface area contributed by atoms with Crippen LogP contribution in [-0.2, 0) is 11.2 Å². The molecule has 144 valence electrons. The molecule has 1 fully saturated rings. The molecule has 0 spiro atoms. The van der Waals surface area contributed by atoms with Gasteiger partial charge in [0, 0.05) is 26.1 Å². The molecule has 2 aromatic carbocycles. The SMILES string of the molecule is COc1ccccc1CC(C)CC(=O)N1CCNCC1c1cccc(F)c1. The van der Waals surface area contributed by atoms with Crippen LogP contribution in [0.1, 0.15) is 30.5 Å². The molecule has 0 saturated carbocycles. The first kappa shape index (κ1) is 19.4. The maximum absolute atomic E-state index is 13.6. The second kappa shape index (κ2) is 9.00. The number of hydrogen-bond acceptors (Lipinski definition) is 3. The number of halogens is 1. The molecule has 1 aliphatic heterocycles. The van der Waals surface area contributed by atoms with Gasteiger partial charge >= 0.3 is 0 Å². The number of carbonyl (C=O) groups excluding carboxylic acids is 1. The number of methoxy groups -OCH3 is 1. The predicted octanol–water partition coefficient (Wildman–Crippen LogP) is 3.58. The summed E-state index contributed by atoms with van der Waals surface area (Å²) in [5.74, 6) is 0.900. The highest BCUT2D eigenvalue weighted by Crippen LogP contribution is 2.26. The number of carbonyl (C=O) groups is 1. The number of nitrogens with zero attached hydrogens (tertiary/aromatic N) is 1. The standard InChI is InChI=1S/C22H27FN2O2/c1-16(12-18-6-3-4-9-21(18)27-2)13-22(26)25-11-10-24-15-20(25)17-7-5-8-19(23)14-17/h3-9,14,16,20,24H,10-13,15H2,1-2H3. The minimum atomic E-state index is -0.269. The molecular weight excluding hydrogens is 343 g/mol. The van der Waals surface area contributed by atoms with Gasteiger partial charge < -0.3 is 15.0 Å². The summed E-state index contributed by atoms with van der Waals surface area (Å²) >= 11 is 0. The molecule has 3 rings (SSSR count). The molecule has 1 amide bonds. The molecule has 5 heteroatoms. The first-order chi connectivity index (χ1) is 13.1. The summed E-state index contributed by atoms with van der Waals surface area (Å²) in [5, 5.41) is 3.31. The molecule has 1 heterocycles. The van der Waals surface area contributed by atoms with Crippen LogP contribution < -0.4 is 10.1 Å². The third-order valence-electron chi connectivity index (χ3n) is 5.08. The maximum Gasteiger partial charge on any atom is 0.223 e. The average molecular weight is 370 g/mol. The van der Waals surface area contributed by atoms with Crippen LogP contribution in [0.4, 0.5) is 4.39 Å². The third-order valence-corrected chi connectivity index (χ3v) is 5.08. The van der Waals surface area contributed by atoms with Crippen molar-refractivity contribution in [2.75, 3.05) is 26.7 Å². The lowest BCUT2D eigenvalue weighted by atomic mass is 9.95. The van der Waals surface area contributed by atoms with Gasteiger partial charge in [0.2, 0.25) is 5.91 Å². The third kappa shape index (κ3) is 4.86. The van der Waals surface area contributed by atoms with Crippen molar-refractivity contribution in [3.05, 3.63) is 65.5 Å². The van der Waals surface area contributed by atoms with Crippen LogP contribution in [0, 0.1) is 11.7 Å². The fourth-order valence-electron chi connectivity index (χ4n) is 3.75. The molecule has 1 N–H and O–H groups in total. The van der Waals surface area contributed by atoms with E-state index in [0.29, 0.717) is 19.5 Å². The van der Waals surface area contributed by atoms with Crippen LogP contribution in [0.2, 0.25) is 0 Å². The van der Waals surface area contributed by atoms with Crippen LogP contribution in [0.5, 0.6) is 5.75 Å². The Balaban J connectivity index is 1.68. The van der Waals surface area contributed by atoms with E-state index in [0.717, 1.165) is 29.8 Å². The van der Waals surface area contributed by atoms with Gasteiger partial charge in [0.05, 0.1) is 13.2 Å². The van der Waals surface area contributed by atoms with E-state index in [1.165, 1.54) is 12.1 Å². The largest absolute Gasteiger partial charge is 0.496 e. The van der Waals surface area contributed by atoms with Gasteiger partial charge in [-0.2, -0.15) is 0 Å². The quantitative estimate of drug-likeness (QED) is 0.845. The number of hydrogen-bond donors (Lipinski definition) is 1. The van der Waals surface area contributed by atoms with Crippen molar-refractivity contribution in [2.45, 2.75) is 25.8 Å². The first-order valence-electron chi connectivity index (χ1n) is 9.46. The van der Waals surface area contributed by atoms with E-state index in [1.807, 2.05) is 35.2 Å². The molecular formula is C22H27FN2O2. The van der Waals surface area contributed by atoms with Crippen LogP contribution in [0.25, 0.3) is 0 Å². The Morgan fingerprint density at radius 3 is 2.89 bits per heavy atom. The smallest absolute Gasteiger partial charge is 0.223 e. The molecule has 2 atom stereocenters. The Morgan fingerprint density at radius 2 is 2.11 bits per heavy atom. The summed E-state index contributed by atoms with van der Waals surface area (Å²) in [4.78, 5) is 14.9. The Hall–Kier alpha value is -2.40. The Bertz CT molecular complexity index is 780. The van der Waals surface area contributed by atoms with E-state index in [1.54, 1.807) is 13.2 Å². The normalized spacial score (nSPS) is 18.2. The second-order valence-corrected chi connectivity index (χ2v) is 7.19. The summed E-state index contributed by atoms with van der Waals surface area (Å²) in [5.41, 5.74) is 1.95. The number of para-hydroxylation sites is 1. The zero-order valence-corrected chi connectivity index (χ0v) is 16.0. The fourth-order valence-corrected chi connectivity index (χ4v) is 3.75. The number of rotatable bonds is 6. The minimum absolute atomic E-state index is 0.119. The Labute approximate surface area is 160 Å². The van der Waals surface area contributed by atoms with Gasteiger partial charge in [0.15, 0.2) is 0 Å². The Kier molecular flexibility index (Phi) is 6.45. The summed E-state index contributed by atoms with van der Waals surface area (Å²) in [7, 11) is 1.67. The molecule has 0 bridgehead atoms. The Morgan fingerprint density at radius 1 is 1.30 bits per heavy atom. The summed E-state index contributed by atoms with van der Waals surface area (Å²) < 4.78 is 19.1. The van der Waals surface area contributed by atoms with Crippen molar-refractivity contribution < 1.29 is 13.9 Å². The fraction of sp³-hybridized carbons (Fsp3) is 0.409. The minimum Gasteiger partial charge on any atom is -0.496 e. The predicted molar refractivity (Wildman–Crippen MR) is 104 cm³/mol. The van der Waals surface area contributed by atoms with Crippen molar-refractivity contribution in [3.8, 4) is 5.75 Å². The highest BCUT2D eigenvalue weighted by molar-refractivity contribution is 5.77. The molecule has 27 heavy (non-hydrogen) atoms. The lowest BCUT2D eigenvalue weighted by Gasteiger charge is -2.37. The van der Waals surface area contributed by atoms with E-state index >= 15 is 0 Å². The van der Waals surface area contributed by atoms with Gasteiger partial charge in [-0.25, -0.2) is 4.39 Å². The second-order valence-electron chi connectivity index (χ2n) is 7.19. The molecule has 1 saturated heterocycles. The zero-order valence-electron chi connectivity index (χ0n) is 16.0. The van der Waals surface area contributed by atoms with Crippen LogP contribution >= 0.6 is 0 Å². The lowest BCUT2D eigenvalue weighted by molar-refractivity contribution is -0.135. The van der Waals surface area contributed by atoms with Gasteiger partial charge in [0.25, 0.3) is 0 Å². The van der Waals surface area contributed by atoms with Crippen molar-refractivity contribution in [1.29, 1.82) is 0 Å². The molecule has 1 aliphatic rings. The van der Waals surface area contributed by atoms with E-state index in [2.05, 4.69) is 12.2 Å². The first-order valence-corrected chi connectivity index (χ1v) is 9.46. The molecule has 2 unspecified atom stereocenters. The van der Waals surface area contributed by atoms with Gasteiger partial charge in [-0.15, -0.1) is 0 Å². The number of benzene rings is 2. The van der Waals surface area contributed by atoms with E-state index < -0.39 is 0 Å². The summed E-state index contributed by atoms with van der Waals surface area (Å²) in [6.45, 7) is 4.14. The zero-order chi connectivity index (χ0) is 19.2. The highest BCUT2D eigenvalue weighted by atomic mass is 19.1. The van der Waals surface area contributed by atoms with E-state index in [4.69, 9.17) is 4.74 Å². The molecule has 0 aromatic heterocycles. The van der Waals surface area contributed by atoms with E-state index in [-0.39, 0.29) is 23.7 Å². The van der Waals surface area contributed by atoms with Crippen LogP contribution in [0.15, 0.2) is 48.5 Å². The van der Waals surface area contributed by atoms with Crippen molar-refractivity contribution in [1.82, 2.24) is 10.2 Å². The molecule has 0 radical (unpaired) electrons. The number of ether oxygens (including phenoxy) is 1. The lowest BCUT2D eigenvalue weighted by Crippen LogP contribution is -2.49. The monoisotopic (exact) mass is 370 g/mol. The molecule has 4 nitrogen and oxygen atoms in total. The van der Waals surface area contributed by atoms with Gasteiger partial charge in [-0.1, -0.05) is 37.3 Å².